The lowest BCUT2D eigenvalue weighted by atomic mass is 9.97. The normalized spacial score (nSPS) is 15.7. The van der Waals surface area contributed by atoms with Gasteiger partial charge in [0, 0.05) is 5.92 Å². The van der Waals surface area contributed by atoms with Gasteiger partial charge in [0.15, 0.2) is 5.78 Å². The van der Waals surface area contributed by atoms with Crippen LogP contribution in [-0.4, -0.2) is 10.9 Å². The summed E-state index contributed by atoms with van der Waals surface area (Å²) in [6.45, 7) is 4.16. The highest BCUT2D eigenvalue weighted by Crippen LogP contribution is 2.35. The van der Waals surface area contributed by atoms with Gasteiger partial charge in [0.1, 0.15) is 5.75 Å². The molecule has 0 heterocycles. The van der Waals surface area contributed by atoms with E-state index in [9.17, 15) is 9.90 Å². The lowest BCUT2D eigenvalue weighted by Gasteiger charge is -2.09. The maximum Gasteiger partial charge on any atom is 0.169 e. The molecular formula is C13H16O2. The molecule has 15 heavy (non-hydrogen) atoms. The Morgan fingerprint density at radius 3 is 2.60 bits per heavy atom. The Kier molecular flexibility index (Phi) is 2.51. The van der Waals surface area contributed by atoms with Gasteiger partial charge in [0.25, 0.3) is 0 Å². The predicted octanol–water partition coefficient (Wildman–Crippen LogP) is 3.11. The van der Waals surface area contributed by atoms with Crippen LogP contribution < -0.4 is 0 Å². The standard InChI is InChI=1S/C13H16O2/c1-8(2)10-5-6-12(14)11(7-10)13(15)9-3-4-9/h5-9,14H,3-4H2,1-2H3. The van der Waals surface area contributed by atoms with E-state index in [-0.39, 0.29) is 17.5 Å². The number of carbonyl (C=O) groups is 1. The van der Waals surface area contributed by atoms with Gasteiger partial charge in [-0.15, -0.1) is 0 Å². The van der Waals surface area contributed by atoms with E-state index < -0.39 is 0 Å². The first-order chi connectivity index (χ1) is 7.09. The van der Waals surface area contributed by atoms with Crippen molar-refractivity contribution in [2.75, 3.05) is 0 Å². The summed E-state index contributed by atoms with van der Waals surface area (Å²) in [6.07, 6.45) is 1.95. The minimum atomic E-state index is 0.106. The van der Waals surface area contributed by atoms with Crippen LogP contribution in [-0.2, 0) is 0 Å². The van der Waals surface area contributed by atoms with Gasteiger partial charge in [-0.1, -0.05) is 19.9 Å². The topological polar surface area (TPSA) is 37.3 Å². The molecule has 0 aromatic heterocycles. The Morgan fingerprint density at radius 1 is 1.40 bits per heavy atom. The lowest BCUT2D eigenvalue weighted by molar-refractivity contribution is 0.0965. The van der Waals surface area contributed by atoms with Crippen LogP contribution in [0.1, 0.15) is 48.5 Å². The largest absolute Gasteiger partial charge is 0.507 e. The van der Waals surface area contributed by atoms with E-state index in [1.165, 1.54) is 0 Å². The average Bonchev–Trinajstić information content (AvgIpc) is 3.00. The number of phenols is 1. The van der Waals surface area contributed by atoms with Crippen LogP contribution in [0, 0.1) is 5.92 Å². The molecule has 0 saturated heterocycles. The van der Waals surface area contributed by atoms with Crippen molar-refractivity contribution in [2.45, 2.75) is 32.6 Å². The molecule has 0 atom stereocenters. The van der Waals surface area contributed by atoms with Crippen LogP contribution in [0.15, 0.2) is 18.2 Å². The van der Waals surface area contributed by atoms with Crippen molar-refractivity contribution < 1.29 is 9.90 Å². The van der Waals surface area contributed by atoms with E-state index in [1.807, 2.05) is 12.1 Å². The third kappa shape index (κ3) is 2.04. The van der Waals surface area contributed by atoms with E-state index >= 15 is 0 Å². The zero-order valence-electron chi connectivity index (χ0n) is 9.16. The van der Waals surface area contributed by atoms with Gasteiger partial charge in [-0.3, -0.25) is 4.79 Å². The van der Waals surface area contributed by atoms with Gasteiger partial charge in [-0.25, -0.2) is 0 Å². The fourth-order valence-electron chi connectivity index (χ4n) is 1.68. The number of aromatic hydroxyl groups is 1. The first kappa shape index (κ1) is 10.2. The number of phenolic OH excluding ortho intramolecular Hbond substituents is 1. The number of hydrogen-bond acceptors (Lipinski definition) is 2. The molecule has 2 nitrogen and oxygen atoms in total. The Hall–Kier alpha value is -1.31. The first-order valence-electron chi connectivity index (χ1n) is 5.46. The smallest absolute Gasteiger partial charge is 0.169 e. The van der Waals surface area contributed by atoms with Crippen LogP contribution >= 0.6 is 0 Å². The highest BCUT2D eigenvalue weighted by Gasteiger charge is 2.31. The summed E-state index contributed by atoms with van der Waals surface area (Å²) in [5.41, 5.74) is 1.61. The molecule has 0 spiro atoms. The highest BCUT2D eigenvalue weighted by molar-refractivity contribution is 6.01. The number of carbonyl (C=O) groups excluding carboxylic acids is 1. The molecule has 1 aromatic rings. The predicted molar refractivity (Wildman–Crippen MR) is 59.3 cm³/mol. The molecule has 1 saturated carbocycles. The van der Waals surface area contributed by atoms with Crippen molar-refractivity contribution in [3.8, 4) is 5.75 Å². The van der Waals surface area contributed by atoms with E-state index in [2.05, 4.69) is 13.8 Å². The van der Waals surface area contributed by atoms with Gasteiger partial charge in [0.2, 0.25) is 0 Å². The van der Waals surface area contributed by atoms with Gasteiger partial charge in [0.05, 0.1) is 5.56 Å². The maximum absolute atomic E-state index is 11.8. The Balaban J connectivity index is 2.35. The lowest BCUT2D eigenvalue weighted by Crippen LogP contribution is -2.03. The summed E-state index contributed by atoms with van der Waals surface area (Å²) in [5, 5.41) is 9.64. The van der Waals surface area contributed by atoms with Crippen LogP contribution in [0.3, 0.4) is 0 Å². The summed E-state index contributed by atoms with van der Waals surface area (Å²) >= 11 is 0. The van der Waals surface area contributed by atoms with Gasteiger partial charge in [-0.05, 0) is 36.5 Å². The molecule has 80 valence electrons. The summed E-state index contributed by atoms with van der Waals surface area (Å²) in [4.78, 5) is 11.8. The number of hydrogen-bond donors (Lipinski definition) is 1. The van der Waals surface area contributed by atoms with E-state index in [1.54, 1.807) is 6.07 Å². The van der Waals surface area contributed by atoms with Crippen LogP contribution in [0.5, 0.6) is 5.75 Å². The summed E-state index contributed by atoms with van der Waals surface area (Å²) < 4.78 is 0. The van der Waals surface area contributed by atoms with Crippen molar-refractivity contribution in [3.05, 3.63) is 29.3 Å². The summed E-state index contributed by atoms with van der Waals surface area (Å²) in [6, 6.07) is 5.34. The van der Waals surface area contributed by atoms with Crippen LogP contribution in [0.2, 0.25) is 0 Å². The number of ketones is 1. The fraction of sp³-hybridized carbons (Fsp3) is 0.462. The SMILES string of the molecule is CC(C)c1ccc(O)c(C(=O)C2CC2)c1. The Morgan fingerprint density at radius 2 is 2.07 bits per heavy atom. The third-order valence-corrected chi connectivity index (χ3v) is 2.90. The zero-order chi connectivity index (χ0) is 11.0. The Labute approximate surface area is 89.9 Å². The number of rotatable bonds is 3. The van der Waals surface area contributed by atoms with Gasteiger partial charge < -0.3 is 5.11 Å². The molecule has 0 aliphatic heterocycles. The molecule has 0 unspecified atom stereocenters. The second-order valence-corrected chi connectivity index (χ2v) is 4.57. The monoisotopic (exact) mass is 204 g/mol. The van der Waals surface area contributed by atoms with Gasteiger partial charge in [-0.2, -0.15) is 0 Å². The molecule has 2 rings (SSSR count). The fourth-order valence-corrected chi connectivity index (χ4v) is 1.68. The van der Waals surface area contributed by atoms with Crippen LogP contribution in [0.4, 0.5) is 0 Å². The Bertz CT molecular complexity index is 390. The zero-order valence-corrected chi connectivity index (χ0v) is 9.16. The van der Waals surface area contributed by atoms with E-state index in [0.29, 0.717) is 11.5 Å². The molecule has 1 aliphatic carbocycles. The molecular weight excluding hydrogens is 188 g/mol. The minimum absolute atomic E-state index is 0.106. The highest BCUT2D eigenvalue weighted by atomic mass is 16.3. The number of Topliss-reactive ketones (excluding diaryl/α,β-unsaturated/α-hetero) is 1. The van der Waals surface area contributed by atoms with E-state index in [0.717, 1.165) is 18.4 Å². The van der Waals surface area contributed by atoms with Crippen molar-refractivity contribution in [2.24, 2.45) is 5.92 Å². The molecule has 1 fully saturated rings. The summed E-state index contributed by atoms with van der Waals surface area (Å²) in [7, 11) is 0. The first-order valence-corrected chi connectivity index (χ1v) is 5.46. The van der Waals surface area contributed by atoms with Crippen molar-refractivity contribution in [1.82, 2.24) is 0 Å². The second-order valence-electron chi connectivity index (χ2n) is 4.57. The molecule has 2 heteroatoms. The van der Waals surface area contributed by atoms with E-state index in [4.69, 9.17) is 0 Å². The van der Waals surface area contributed by atoms with Crippen LogP contribution in [0.25, 0.3) is 0 Å². The van der Waals surface area contributed by atoms with Crippen molar-refractivity contribution >= 4 is 5.78 Å². The molecule has 1 aliphatic rings. The van der Waals surface area contributed by atoms with Gasteiger partial charge >= 0.3 is 0 Å². The molecule has 0 amide bonds. The molecule has 0 radical (unpaired) electrons. The average molecular weight is 204 g/mol. The molecule has 1 N–H and O–H groups in total. The molecule has 1 aromatic carbocycles. The molecule has 0 bridgehead atoms. The number of benzene rings is 1. The summed E-state index contributed by atoms with van der Waals surface area (Å²) in [5.74, 6) is 0.779. The minimum Gasteiger partial charge on any atom is -0.507 e. The third-order valence-electron chi connectivity index (χ3n) is 2.90. The second kappa shape index (κ2) is 3.69. The van der Waals surface area contributed by atoms with Crippen molar-refractivity contribution in [1.29, 1.82) is 0 Å². The quantitative estimate of drug-likeness (QED) is 0.768. The van der Waals surface area contributed by atoms with Crippen molar-refractivity contribution in [3.63, 3.8) is 0 Å². The maximum atomic E-state index is 11.8.